The standard InChI is InChI=1S/C20H20F2N6O/c1-27-17(5-4-15-3-2-8-23-12-15)11-19(26-27)25-20(29)24-9-6-16-7-10-28(13-16)14-18(21)22/h2-3,7-8,10-13,18H,6,9,14H2,1H3,(H2,24,25,26,29). The van der Waals surface area contributed by atoms with Crippen molar-refractivity contribution < 1.29 is 13.6 Å². The molecule has 29 heavy (non-hydrogen) atoms. The molecule has 2 amide bonds. The van der Waals surface area contributed by atoms with Gasteiger partial charge in [-0.25, -0.2) is 13.6 Å². The number of carbonyl (C=O) groups is 1. The highest BCUT2D eigenvalue weighted by Crippen LogP contribution is 2.08. The molecule has 3 rings (SSSR count). The fourth-order valence-electron chi connectivity index (χ4n) is 2.61. The van der Waals surface area contributed by atoms with Crippen LogP contribution in [0.3, 0.4) is 0 Å². The van der Waals surface area contributed by atoms with E-state index in [-0.39, 0.29) is 6.54 Å². The normalized spacial score (nSPS) is 10.5. The number of hydrogen-bond acceptors (Lipinski definition) is 3. The zero-order chi connectivity index (χ0) is 20.6. The molecule has 0 unspecified atom stereocenters. The summed E-state index contributed by atoms with van der Waals surface area (Å²) in [6.45, 7) is 0.0324. The predicted octanol–water partition coefficient (Wildman–Crippen LogP) is 2.65. The number of nitrogens with one attached hydrogen (secondary N) is 2. The number of aromatic nitrogens is 4. The number of amides is 2. The average Bonchev–Trinajstić information content (AvgIpc) is 3.26. The fourth-order valence-corrected chi connectivity index (χ4v) is 2.61. The van der Waals surface area contributed by atoms with Crippen LogP contribution in [0.25, 0.3) is 0 Å². The van der Waals surface area contributed by atoms with E-state index < -0.39 is 12.5 Å². The largest absolute Gasteiger partial charge is 0.348 e. The lowest BCUT2D eigenvalue weighted by Crippen LogP contribution is -2.30. The Balaban J connectivity index is 1.48. The summed E-state index contributed by atoms with van der Waals surface area (Å²) in [5, 5.41) is 9.58. The van der Waals surface area contributed by atoms with Crippen LogP contribution in [0.2, 0.25) is 0 Å². The molecule has 3 aromatic rings. The number of pyridine rings is 1. The number of carbonyl (C=O) groups excluding carboxylic acids is 1. The maximum Gasteiger partial charge on any atom is 0.320 e. The van der Waals surface area contributed by atoms with E-state index in [9.17, 15) is 13.6 Å². The summed E-state index contributed by atoms with van der Waals surface area (Å²) in [7, 11) is 1.74. The van der Waals surface area contributed by atoms with Crippen molar-refractivity contribution in [3.63, 3.8) is 0 Å². The van der Waals surface area contributed by atoms with Gasteiger partial charge in [0.15, 0.2) is 5.82 Å². The van der Waals surface area contributed by atoms with Crippen molar-refractivity contribution in [1.29, 1.82) is 0 Å². The molecule has 9 heteroatoms. The fraction of sp³-hybridized carbons (Fsp3) is 0.250. The lowest BCUT2D eigenvalue weighted by molar-refractivity contribution is 0.126. The Morgan fingerprint density at radius 3 is 2.93 bits per heavy atom. The lowest BCUT2D eigenvalue weighted by Gasteiger charge is -2.04. The Morgan fingerprint density at radius 2 is 2.17 bits per heavy atom. The van der Waals surface area contributed by atoms with Gasteiger partial charge in [0.05, 0.1) is 6.54 Å². The highest BCUT2D eigenvalue weighted by Gasteiger charge is 2.08. The number of alkyl halides is 2. The second-order valence-electron chi connectivity index (χ2n) is 6.27. The van der Waals surface area contributed by atoms with Crippen molar-refractivity contribution in [2.24, 2.45) is 7.05 Å². The maximum atomic E-state index is 12.4. The first kappa shape index (κ1) is 20.1. The van der Waals surface area contributed by atoms with E-state index in [4.69, 9.17) is 0 Å². The van der Waals surface area contributed by atoms with Gasteiger partial charge in [-0.05, 0) is 36.1 Å². The van der Waals surface area contributed by atoms with E-state index in [1.807, 2.05) is 6.07 Å². The molecule has 0 spiro atoms. The van der Waals surface area contributed by atoms with Gasteiger partial charge in [0, 0.05) is 50.0 Å². The molecule has 0 bridgehead atoms. The van der Waals surface area contributed by atoms with Gasteiger partial charge in [-0.15, -0.1) is 0 Å². The molecule has 7 nitrogen and oxygen atoms in total. The second-order valence-corrected chi connectivity index (χ2v) is 6.27. The summed E-state index contributed by atoms with van der Waals surface area (Å²) in [5.74, 6) is 6.35. The Labute approximate surface area is 166 Å². The molecule has 150 valence electrons. The van der Waals surface area contributed by atoms with E-state index in [1.54, 1.807) is 54.7 Å². The monoisotopic (exact) mass is 398 g/mol. The third kappa shape index (κ3) is 6.17. The van der Waals surface area contributed by atoms with E-state index in [0.717, 1.165) is 11.1 Å². The summed E-state index contributed by atoms with van der Waals surface area (Å²) in [6, 6.07) is 6.69. The minimum Gasteiger partial charge on any atom is -0.348 e. The second kappa shape index (κ2) is 9.50. The van der Waals surface area contributed by atoms with Crippen molar-refractivity contribution >= 4 is 11.8 Å². The topological polar surface area (TPSA) is 76.8 Å². The maximum absolute atomic E-state index is 12.4. The minimum absolute atomic E-state index is 0.334. The van der Waals surface area contributed by atoms with Crippen molar-refractivity contribution in [3.05, 3.63) is 65.9 Å². The van der Waals surface area contributed by atoms with Crippen LogP contribution in [0.1, 0.15) is 16.8 Å². The van der Waals surface area contributed by atoms with Gasteiger partial charge in [-0.3, -0.25) is 15.0 Å². The van der Waals surface area contributed by atoms with Gasteiger partial charge in [-0.2, -0.15) is 5.10 Å². The van der Waals surface area contributed by atoms with Crippen molar-refractivity contribution in [2.45, 2.75) is 19.4 Å². The van der Waals surface area contributed by atoms with Crippen LogP contribution in [0.5, 0.6) is 0 Å². The molecule has 0 radical (unpaired) electrons. The van der Waals surface area contributed by atoms with E-state index >= 15 is 0 Å². The summed E-state index contributed by atoms with van der Waals surface area (Å²) < 4.78 is 27.7. The SMILES string of the molecule is Cn1nc(NC(=O)NCCc2ccn(CC(F)F)c2)cc1C#Cc1cccnc1. The van der Waals surface area contributed by atoms with Crippen molar-refractivity contribution in [1.82, 2.24) is 24.6 Å². The molecule has 3 heterocycles. The minimum atomic E-state index is -2.39. The highest BCUT2D eigenvalue weighted by molar-refractivity contribution is 5.88. The Hall–Kier alpha value is -3.67. The van der Waals surface area contributed by atoms with Crippen molar-refractivity contribution in [2.75, 3.05) is 11.9 Å². The van der Waals surface area contributed by atoms with Crippen molar-refractivity contribution in [3.8, 4) is 11.8 Å². The molecule has 0 saturated carbocycles. The number of halogens is 2. The molecular weight excluding hydrogens is 378 g/mol. The van der Waals surface area contributed by atoms with Crippen LogP contribution in [-0.2, 0) is 20.0 Å². The van der Waals surface area contributed by atoms with E-state index in [2.05, 4.69) is 32.6 Å². The first-order valence-electron chi connectivity index (χ1n) is 8.93. The summed E-state index contributed by atoms with van der Waals surface area (Å²) >= 11 is 0. The van der Waals surface area contributed by atoms with Gasteiger partial charge in [0.1, 0.15) is 5.69 Å². The van der Waals surface area contributed by atoms with Crippen LogP contribution in [0.15, 0.2) is 49.1 Å². The van der Waals surface area contributed by atoms with Gasteiger partial charge < -0.3 is 9.88 Å². The Kier molecular flexibility index (Phi) is 6.58. The number of rotatable bonds is 6. The molecule has 0 saturated heterocycles. The zero-order valence-electron chi connectivity index (χ0n) is 15.8. The van der Waals surface area contributed by atoms with Gasteiger partial charge in [0.25, 0.3) is 6.43 Å². The van der Waals surface area contributed by atoms with Crippen LogP contribution in [0, 0.1) is 11.8 Å². The summed E-state index contributed by atoms with van der Waals surface area (Å²) in [4.78, 5) is 16.0. The molecule has 3 aromatic heterocycles. The molecule has 2 N–H and O–H groups in total. The number of hydrogen-bond donors (Lipinski definition) is 2. The quantitative estimate of drug-likeness (QED) is 0.627. The number of anilines is 1. The van der Waals surface area contributed by atoms with E-state index in [1.165, 1.54) is 4.57 Å². The predicted molar refractivity (Wildman–Crippen MR) is 105 cm³/mol. The number of nitrogens with zero attached hydrogens (tertiary/aromatic N) is 4. The van der Waals surface area contributed by atoms with E-state index in [0.29, 0.717) is 24.5 Å². The first-order chi connectivity index (χ1) is 14.0. The molecule has 0 aliphatic rings. The van der Waals surface area contributed by atoms with Crippen LogP contribution >= 0.6 is 0 Å². The third-order valence-corrected chi connectivity index (χ3v) is 3.98. The third-order valence-electron chi connectivity index (χ3n) is 3.98. The summed E-state index contributed by atoms with van der Waals surface area (Å²) in [6.07, 6.45) is 4.73. The number of urea groups is 1. The summed E-state index contributed by atoms with van der Waals surface area (Å²) in [5.41, 5.74) is 2.30. The smallest absolute Gasteiger partial charge is 0.320 e. The zero-order valence-corrected chi connectivity index (χ0v) is 15.8. The van der Waals surface area contributed by atoms with Gasteiger partial charge in [0.2, 0.25) is 0 Å². The highest BCUT2D eigenvalue weighted by atomic mass is 19.3. The van der Waals surface area contributed by atoms with Crippen LogP contribution in [-0.4, -0.2) is 38.3 Å². The number of aryl methyl sites for hydroxylation is 1. The Morgan fingerprint density at radius 1 is 1.31 bits per heavy atom. The molecule has 0 aromatic carbocycles. The molecule has 0 atom stereocenters. The Bertz CT molecular complexity index is 1020. The lowest BCUT2D eigenvalue weighted by atomic mass is 10.2. The molecule has 0 aliphatic carbocycles. The van der Waals surface area contributed by atoms with Gasteiger partial charge >= 0.3 is 6.03 Å². The van der Waals surface area contributed by atoms with Crippen LogP contribution < -0.4 is 10.6 Å². The molecular formula is C20H20F2N6O. The molecule has 0 aliphatic heterocycles. The van der Waals surface area contributed by atoms with Gasteiger partial charge in [-0.1, -0.05) is 5.92 Å². The molecule has 0 fully saturated rings. The van der Waals surface area contributed by atoms with Crippen LogP contribution in [0.4, 0.5) is 19.4 Å². The average molecular weight is 398 g/mol. The first-order valence-corrected chi connectivity index (χ1v) is 8.93.